The van der Waals surface area contributed by atoms with Crippen LogP contribution in [0.5, 0.6) is 0 Å². The van der Waals surface area contributed by atoms with Gasteiger partial charge in [-0.15, -0.1) is 0 Å². The van der Waals surface area contributed by atoms with E-state index in [2.05, 4.69) is 57.8 Å². The third kappa shape index (κ3) is 2.69. The zero-order valence-electron chi connectivity index (χ0n) is 11.2. The average molecular weight is 264 g/mol. The molecular weight excluding hydrogens is 248 g/mol. The van der Waals surface area contributed by atoms with Crippen molar-refractivity contribution in [2.45, 2.75) is 13.0 Å². The van der Waals surface area contributed by atoms with Crippen LogP contribution in [0.15, 0.2) is 61.1 Å². The van der Waals surface area contributed by atoms with E-state index in [0.29, 0.717) is 0 Å². The van der Waals surface area contributed by atoms with E-state index in [9.17, 15) is 0 Å². The van der Waals surface area contributed by atoms with Crippen molar-refractivity contribution >= 4 is 5.69 Å². The molecule has 0 fully saturated rings. The summed E-state index contributed by atoms with van der Waals surface area (Å²) in [6, 6.07) is 14.5. The Morgan fingerprint density at radius 2 is 1.90 bits per heavy atom. The molecule has 0 aliphatic rings. The van der Waals surface area contributed by atoms with E-state index in [-0.39, 0.29) is 6.04 Å². The Labute approximate surface area is 117 Å². The molecule has 1 aromatic carbocycles. The maximum absolute atomic E-state index is 4.14. The van der Waals surface area contributed by atoms with Gasteiger partial charge < -0.3 is 5.32 Å². The van der Waals surface area contributed by atoms with Gasteiger partial charge in [0.05, 0.1) is 11.7 Å². The van der Waals surface area contributed by atoms with Crippen molar-refractivity contribution in [3.05, 3.63) is 66.6 Å². The largest absolute Gasteiger partial charge is 0.378 e. The fraction of sp³-hybridized carbons (Fsp3) is 0.125. The fourth-order valence-electron chi connectivity index (χ4n) is 2.13. The predicted octanol–water partition coefficient (Wildman–Crippen LogP) is 3.64. The lowest BCUT2D eigenvalue weighted by Gasteiger charge is -2.15. The SMILES string of the molecule is CC(Nc1ccc(-c2ccn[nH]2)cc1)c1cccnc1. The van der Waals surface area contributed by atoms with Crippen LogP contribution in [0.2, 0.25) is 0 Å². The maximum atomic E-state index is 4.14. The Kier molecular flexibility index (Phi) is 3.46. The number of hydrogen-bond acceptors (Lipinski definition) is 3. The van der Waals surface area contributed by atoms with Crippen molar-refractivity contribution in [3.63, 3.8) is 0 Å². The van der Waals surface area contributed by atoms with E-state index < -0.39 is 0 Å². The summed E-state index contributed by atoms with van der Waals surface area (Å²) in [5, 5.41) is 10.4. The first-order valence-corrected chi connectivity index (χ1v) is 6.59. The zero-order valence-corrected chi connectivity index (χ0v) is 11.2. The molecular formula is C16H16N4. The number of hydrogen-bond donors (Lipinski definition) is 2. The Balaban J connectivity index is 1.72. The van der Waals surface area contributed by atoms with Gasteiger partial charge in [-0.05, 0) is 42.3 Å². The van der Waals surface area contributed by atoms with Crippen LogP contribution in [0.4, 0.5) is 5.69 Å². The van der Waals surface area contributed by atoms with Crippen molar-refractivity contribution < 1.29 is 0 Å². The van der Waals surface area contributed by atoms with Crippen LogP contribution in [0.1, 0.15) is 18.5 Å². The van der Waals surface area contributed by atoms with E-state index in [1.807, 2.05) is 18.3 Å². The second-order valence-electron chi connectivity index (χ2n) is 4.70. The highest BCUT2D eigenvalue weighted by atomic mass is 15.1. The Morgan fingerprint density at radius 3 is 2.55 bits per heavy atom. The standard InChI is InChI=1S/C16H16N4/c1-12(14-3-2-9-17-11-14)19-15-6-4-13(5-7-15)16-8-10-18-20-16/h2-12,19H,1H3,(H,18,20). The summed E-state index contributed by atoms with van der Waals surface area (Å²) in [4.78, 5) is 4.14. The summed E-state index contributed by atoms with van der Waals surface area (Å²) in [5.41, 5.74) is 4.41. The van der Waals surface area contributed by atoms with Gasteiger partial charge in [0.25, 0.3) is 0 Å². The van der Waals surface area contributed by atoms with Gasteiger partial charge >= 0.3 is 0 Å². The van der Waals surface area contributed by atoms with Crippen molar-refractivity contribution in [1.82, 2.24) is 15.2 Å². The van der Waals surface area contributed by atoms with Crippen LogP contribution in [0.25, 0.3) is 11.3 Å². The third-order valence-electron chi connectivity index (χ3n) is 3.26. The van der Waals surface area contributed by atoms with Crippen molar-refractivity contribution in [2.24, 2.45) is 0 Å². The van der Waals surface area contributed by atoms with Crippen LogP contribution in [-0.4, -0.2) is 15.2 Å². The number of nitrogens with one attached hydrogen (secondary N) is 2. The van der Waals surface area contributed by atoms with Crippen LogP contribution >= 0.6 is 0 Å². The molecule has 3 rings (SSSR count). The highest BCUT2D eigenvalue weighted by Crippen LogP contribution is 2.22. The highest BCUT2D eigenvalue weighted by Gasteiger charge is 2.05. The second-order valence-corrected chi connectivity index (χ2v) is 4.70. The Bertz CT molecular complexity index is 645. The minimum absolute atomic E-state index is 0.224. The lowest BCUT2D eigenvalue weighted by atomic mass is 10.1. The molecule has 0 aliphatic heterocycles. The average Bonchev–Trinajstić information content (AvgIpc) is 3.03. The number of benzene rings is 1. The molecule has 4 heteroatoms. The molecule has 2 heterocycles. The van der Waals surface area contributed by atoms with E-state index in [0.717, 1.165) is 16.9 Å². The topological polar surface area (TPSA) is 53.6 Å². The van der Waals surface area contributed by atoms with Gasteiger partial charge in [-0.3, -0.25) is 10.1 Å². The number of nitrogens with zero attached hydrogens (tertiary/aromatic N) is 2. The lowest BCUT2D eigenvalue weighted by Crippen LogP contribution is -2.06. The molecule has 0 aliphatic carbocycles. The lowest BCUT2D eigenvalue weighted by molar-refractivity contribution is 0.876. The van der Waals surface area contributed by atoms with E-state index in [1.165, 1.54) is 5.56 Å². The Morgan fingerprint density at radius 1 is 1.05 bits per heavy atom. The van der Waals surface area contributed by atoms with E-state index in [1.54, 1.807) is 12.4 Å². The van der Waals surface area contributed by atoms with Crippen LogP contribution in [0.3, 0.4) is 0 Å². The van der Waals surface area contributed by atoms with Gasteiger partial charge in [0.15, 0.2) is 0 Å². The van der Waals surface area contributed by atoms with Crippen molar-refractivity contribution in [2.75, 3.05) is 5.32 Å². The number of anilines is 1. The first kappa shape index (κ1) is 12.4. The van der Waals surface area contributed by atoms with Gasteiger partial charge in [0, 0.05) is 24.3 Å². The van der Waals surface area contributed by atoms with Gasteiger partial charge in [-0.1, -0.05) is 18.2 Å². The molecule has 0 radical (unpaired) electrons. The quantitative estimate of drug-likeness (QED) is 0.756. The summed E-state index contributed by atoms with van der Waals surface area (Å²) in [6.45, 7) is 2.12. The number of aromatic amines is 1. The molecule has 20 heavy (non-hydrogen) atoms. The van der Waals surface area contributed by atoms with Gasteiger partial charge in [0.1, 0.15) is 0 Å². The molecule has 2 aromatic heterocycles. The van der Waals surface area contributed by atoms with Gasteiger partial charge in [-0.25, -0.2) is 0 Å². The minimum atomic E-state index is 0.224. The zero-order chi connectivity index (χ0) is 13.8. The highest BCUT2D eigenvalue weighted by molar-refractivity contribution is 5.62. The molecule has 100 valence electrons. The number of pyridine rings is 1. The molecule has 0 saturated heterocycles. The summed E-state index contributed by atoms with van der Waals surface area (Å²) in [6.07, 6.45) is 5.43. The Hall–Kier alpha value is -2.62. The molecule has 2 N–H and O–H groups in total. The van der Waals surface area contributed by atoms with E-state index in [4.69, 9.17) is 0 Å². The second kappa shape index (κ2) is 5.57. The summed E-state index contributed by atoms with van der Waals surface area (Å²) >= 11 is 0. The van der Waals surface area contributed by atoms with Crippen LogP contribution in [-0.2, 0) is 0 Å². The van der Waals surface area contributed by atoms with E-state index >= 15 is 0 Å². The van der Waals surface area contributed by atoms with Gasteiger partial charge in [-0.2, -0.15) is 5.10 Å². The van der Waals surface area contributed by atoms with Crippen LogP contribution < -0.4 is 5.32 Å². The van der Waals surface area contributed by atoms with Gasteiger partial charge in [0.2, 0.25) is 0 Å². The monoisotopic (exact) mass is 264 g/mol. The molecule has 0 amide bonds. The molecule has 3 aromatic rings. The molecule has 0 saturated carbocycles. The smallest absolute Gasteiger partial charge is 0.0650 e. The molecule has 4 nitrogen and oxygen atoms in total. The van der Waals surface area contributed by atoms with Crippen molar-refractivity contribution in [3.8, 4) is 11.3 Å². The number of aromatic nitrogens is 3. The summed E-state index contributed by atoms with van der Waals surface area (Å²) in [7, 11) is 0. The number of rotatable bonds is 4. The van der Waals surface area contributed by atoms with Crippen molar-refractivity contribution in [1.29, 1.82) is 0 Å². The molecule has 0 bridgehead atoms. The predicted molar refractivity (Wildman–Crippen MR) is 80.3 cm³/mol. The summed E-state index contributed by atoms with van der Waals surface area (Å²) < 4.78 is 0. The molecule has 1 unspecified atom stereocenters. The first-order valence-electron chi connectivity index (χ1n) is 6.59. The summed E-state index contributed by atoms with van der Waals surface area (Å²) in [5.74, 6) is 0. The minimum Gasteiger partial charge on any atom is -0.378 e. The first-order chi connectivity index (χ1) is 9.83. The molecule has 1 atom stereocenters. The fourth-order valence-corrected chi connectivity index (χ4v) is 2.13. The third-order valence-corrected chi connectivity index (χ3v) is 3.26. The normalized spacial score (nSPS) is 12.1. The maximum Gasteiger partial charge on any atom is 0.0650 e. The van der Waals surface area contributed by atoms with Crippen LogP contribution in [0, 0.1) is 0 Å². The number of H-pyrrole nitrogens is 1. The molecule has 0 spiro atoms.